The number of carbonyl (C=O) groups excluding carboxylic acids is 2. The lowest BCUT2D eigenvalue weighted by Gasteiger charge is -2.20. The Labute approximate surface area is 84.3 Å². The summed E-state index contributed by atoms with van der Waals surface area (Å²) >= 11 is 0. The number of allylic oxidation sites excluding steroid dienone is 1. The maximum absolute atomic E-state index is 11.1. The molecule has 0 aromatic heterocycles. The van der Waals surface area contributed by atoms with Gasteiger partial charge in [-0.15, -0.1) is 0 Å². The molecule has 0 rings (SSSR count). The molecule has 4 nitrogen and oxygen atoms in total. The number of amides is 1. The highest BCUT2D eigenvalue weighted by Gasteiger charge is 2.16. The van der Waals surface area contributed by atoms with E-state index in [-0.39, 0.29) is 0 Å². The molecule has 0 aliphatic rings. The molecule has 0 aliphatic heterocycles. The Morgan fingerprint density at radius 2 is 2.07 bits per heavy atom. The summed E-state index contributed by atoms with van der Waals surface area (Å²) in [6.07, 6.45) is 1.05. The number of hydrogen-bond acceptors (Lipinski definition) is 3. The SMILES string of the molecule is C=C(CCC=O)NC(=O)OC(C)(C)C. The zero-order valence-electron chi connectivity index (χ0n) is 8.92. The van der Waals surface area contributed by atoms with Crippen molar-refractivity contribution in [3.8, 4) is 0 Å². The highest BCUT2D eigenvalue weighted by molar-refractivity contribution is 5.69. The van der Waals surface area contributed by atoms with Crippen LogP contribution in [-0.4, -0.2) is 18.0 Å². The third-order valence-corrected chi connectivity index (χ3v) is 1.24. The van der Waals surface area contributed by atoms with Crippen molar-refractivity contribution in [2.24, 2.45) is 0 Å². The van der Waals surface area contributed by atoms with E-state index in [0.717, 1.165) is 6.29 Å². The van der Waals surface area contributed by atoms with Crippen LogP contribution in [0, 0.1) is 0 Å². The molecular weight excluding hydrogens is 182 g/mol. The lowest BCUT2D eigenvalue weighted by molar-refractivity contribution is -0.107. The van der Waals surface area contributed by atoms with E-state index < -0.39 is 11.7 Å². The molecule has 0 aliphatic carbocycles. The fourth-order valence-corrected chi connectivity index (χ4v) is 0.744. The van der Waals surface area contributed by atoms with Crippen LogP contribution in [0.5, 0.6) is 0 Å². The summed E-state index contributed by atoms with van der Waals surface area (Å²) < 4.78 is 4.99. The Morgan fingerprint density at radius 3 is 2.50 bits per heavy atom. The van der Waals surface area contributed by atoms with Gasteiger partial charge in [-0.05, 0) is 27.2 Å². The quantitative estimate of drug-likeness (QED) is 0.704. The van der Waals surface area contributed by atoms with E-state index in [1.165, 1.54) is 0 Å². The van der Waals surface area contributed by atoms with Gasteiger partial charge < -0.3 is 9.53 Å². The predicted molar refractivity (Wildman–Crippen MR) is 53.8 cm³/mol. The second-order valence-electron chi connectivity index (χ2n) is 3.94. The molecular formula is C10H17NO3. The third kappa shape index (κ3) is 7.34. The van der Waals surface area contributed by atoms with Crippen molar-refractivity contribution in [2.75, 3.05) is 0 Å². The number of hydrogen-bond donors (Lipinski definition) is 1. The van der Waals surface area contributed by atoms with Crippen molar-refractivity contribution >= 4 is 12.4 Å². The number of rotatable bonds is 4. The molecule has 0 spiro atoms. The van der Waals surface area contributed by atoms with Crippen molar-refractivity contribution in [2.45, 2.75) is 39.2 Å². The van der Waals surface area contributed by atoms with Gasteiger partial charge >= 0.3 is 6.09 Å². The minimum absolute atomic E-state index is 0.356. The molecule has 0 radical (unpaired) electrons. The Kier molecular flexibility index (Phi) is 4.91. The van der Waals surface area contributed by atoms with Crippen LogP contribution in [0.1, 0.15) is 33.6 Å². The van der Waals surface area contributed by atoms with Gasteiger partial charge in [0, 0.05) is 12.1 Å². The molecule has 80 valence electrons. The second kappa shape index (κ2) is 5.42. The molecule has 0 aromatic rings. The number of alkyl carbamates (subject to hydrolysis) is 1. The van der Waals surface area contributed by atoms with Crippen LogP contribution in [0.15, 0.2) is 12.3 Å². The first kappa shape index (κ1) is 12.7. The van der Waals surface area contributed by atoms with E-state index in [2.05, 4.69) is 11.9 Å². The zero-order chi connectivity index (χ0) is 11.2. The molecule has 0 atom stereocenters. The predicted octanol–water partition coefficient (Wildman–Crippen LogP) is 2.00. The maximum atomic E-state index is 11.1. The number of ether oxygens (including phenoxy) is 1. The third-order valence-electron chi connectivity index (χ3n) is 1.24. The smallest absolute Gasteiger partial charge is 0.411 e. The Bertz CT molecular complexity index is 228. The van der Waals surface area contributed by atoms with E-state index in [9.17, 15) is 9.59 Å². The Balaban J connectivity index is 3.83. The maximum Gasteiger partial charge on any atom is 0.411 e. The fraction of sp³-hybridized carbons (Fsp3) is 0.600. The summed E-state index contributed by atoms with van der Waals surface area (Å²) in [5, 5.41) is 2.46. The number of aldehydes is 1. The number of carbonyl (C=O) groups is 2. The minimum atomic E-state index is -0.534. The summed E-state index contributed by atoms with van der Waals surface area (Å²) in [4.78, 5) is 21.2. The van der Waals surface area contributed by atoms with E-state index in [1.807, 2.05) is 0 Å². The summed E-state index contributed by atoms with van der Waals surface area (Å²) in [5.41, 5.74) is -0.0268. The molecule has 0 saturated heterocycles. The van der Waals surface area contributed by atoms with Crippen molar-refractivity contribution in [3.63, 3.8) is 0 Å². The van der Waals surface area contributed by atoms with Crippen LogP contribution in [0.4, 0.5) is 4.79 Å². The summed E-state index contributed by atoms with van der Waals surface area (Å²) in [5.74, 6) is 0. The number of nitrogens with one attached hydrogen (secondary N) is 1. The Morgan fingerprint density at radius 1 is 1.50 bits per heavy atom. The lowest BCUT2D eigenvalue weighted by atomic mass is 10.2. The first-order valence-corrected chi connectivity index (χ1v) is 4.46. The largest absolute Gasteiger partial charge is 0.444 e. The molecule has 0 aromatic carbocycles. The fourth-order valence-electron chi connectivity index (χ4n) is 0.744. The lowest BCUT2D eigenvalue weighted by Crippen LogP contribution is -2.31. The van der Waals surface area contributed by atoms with E-state index >= 15 is 0 Å². The molecule has 1 amide bonds. The van der Waals surface area contributed by atoms with Crippen LogP contribution in [0.3, 0.4) is 0 Å². The summed E-state index contributed by atoms with van der Waals surface area (Å²) in [7, 11) is 0. The molecule has 0 bridgehead atoms. The van der Waals surface area contributed by atoms with Crippen molar-refractivity contribution in [3.05, 3.63) is 12.3 Å². The van der Waals surface area contributed by atoms with Crippen molar-refractivity contribution in [1.82, 2.24) is 5.32 Å². The standard InChI is InChI=1S/C10H17NO3/c1-8(6-5-7-12)11-9(13)14-10(2,3)4/h7H,1,5-6H2,2-4H3,(H,11,13). The monoisotopic (exact) mass is 199 g/mol. The van der Waals surface area contributed by atoms with Gasteiger partial charge in [0.15, 0.2) is 0 Å². The summed E-state index contributed by atoms with van der Waals surface area (Å²) in [6, 6.07) is 0. The van der Waals surface area contributed by atoms with Gasteiger partial charge in [0.25, 0.3) is 0 Å². The first-order valence-electron chi connectivity index (χ1n) is 4.46. The van der Waals surface area contributed by atoms with Crippen molar-refractivity contribution in [1.29, 1.82) is 0 Å². The van der Waals surface area contributed by atoms with E-state index in [4.69, 9.17) is 4.74 Å². The molecule has 14 heavy (non-hydrogen) atoms. The van der Waals surface area contributed by atoms with Crippen LogP contribution in [-0.2, 0) is 9.53 Å². The van der Waals surface area contributed by atoms with E-state index in [0.29, 0.717) is 18.5 Å². The molecule has 1 N–H and O–H groups in total. The van der Waals surface area contributed by atoms with Gasteiger partial charge in [0.1, 0.15) is 11.9 Å². The van der Waals surface area contributed by atoms with Crippen LogP contribution in [0.25, 0.3) is 0 Å². The normalized spacial score (nSPS) is 10.5. The molecule has 0 fully saturated rings. The Hall–Kier alpha value is -1.32. The second-order valence-corrected chi connectivity index (χ2v) is 3.94. The average molecular weight is 199 g/mol. The van der Waals surface area contributed by atoms with Gasteiger partial charge in [-0.25, -0.2) is 4.79 Å². The molecule has 0 saturated carbocycles. The average Bonchev–Trinajstić information content (AvgIpc) is 1.96. The van der Waals surface area contributed by atoms with Gasteiger partial charge in [0.2, 0.25) is 0 Å². The van der Waals surface area contributed by atoms with Gasteiger partial charge in [0.05, 0.1) is 0 Å². The van der Waals surface area contributed by atoms with Gasteiger partial charge in [-0.3, -0.25) is 5.32 Å². The zero-order valence-corrected chi connectivity index (χ0v) is 8.92. The topological polar surface area (TPSA) is 55.4 Å². The summed E-state index contributed by atoms with van der Waals surface area (Å²) in [6.45, 7) is 8.93. The highest BCUT2D eigenvalue weighted by Crippen LogP contribution is 2.07. The van der Waals surface area contributed by atoms with Crippen LogP contribution in [0.2, 0.25) is 0 Å². The van der Waals surface area contributed by atoms with Crippen LogP contribution < -0.4 is 5.32 Å². The van der Waals surface area contributed by atoms with Crippen molar-refractivity contribution < 1.29 is 14.3 Å². The molecule has 4 heteroatoms. The van der Waals surface area contributed by atoms with E-state index in [1.54, 1.807) is 20.8 Å². The minimum Gasteiger partial charge on any atom is -0.444 e. The molecule has 0 heterocycles. The van der Waals surface area contributed by atoms with Gasteiger partial charge in [-0.1, -0.05) is 6.58 Å². The molecule has 0 unspecified atom stereocenters. The van der Waals surface area contributed by atoms with Gasteiger partial charge in [-0.2, -0.15) is 0 Å². The van der Waals surface area contributed by atoms with Crippen LogP contribution >= 0.6 is 0 Å². The highest BCUT2D eigenvalue weighted by atomic mass is 16.6. The first-order chi connectivity index (χ1) is 6.35.